The first-order valence-electron chi connectivity index (χ1n) is 7.38. The zero-order valence-corrected chi connectivity index (χ0v) is 13.1. The maximum Gasteiger partial charge on any atom is 0.326 e. The molecule has 116 valence electrons. The van der Waals surface area contributed by atoms with Crippen LogP contribution in [0.15, 0.2) is 60.7 Å². The van der Waals surface area contributed by atoms with Gasteiger partial charge in [0.1, 0.15) is 5.75 Å². The van der Waals surface area contributed by atoms with Crippen LogP contribution in [0.4, 0.5) is 16.2 Å². The van der Waals surface area contributed by atoms with Crippen LogP contribution in [0.25, 0.3) is 10.8 Å². The molecule has 0 saturated heterocycles. The Morgan fingerprint density at radius 1 is 1.04 bits per heavy atom. The molecule has 0 spiro atoms. The third kappa shape index (κ3) is 3.11. The highest BCUT2D eigenvalue weighted by Gasteiger charge is 2.12. The summed E-state index contributed by atoms with van der Waals surface area (Å²) in [6, 6.07) is 18.3. The average Bonchev–Trinajstić information content (AvgIpc) is 2.55. The average molecular weight is 306 g/mol. The molecule has 0 aliphatic heterocycles. The van der Waals surface area contributed by atoms with Gasteiger partial charge in [0.25, 0.3) is 0 Å². The molecule has 3 rings (SSSR count). The van der Waals surface area contributed by atoms with Gasteiger partial charge in [-0.15, -0.1) is 0 Å². The SMILES string of the molecule is Cc1ccc(N(C)C(=O)Nc2cccc3ccc(O)cc23)cc1. The van der Waals surface area contributed by atoms with Crippen molar-refractivity contribution in [3.05, 3.63) is 66.2 Å². The number of aromatic hydroxyl groups is 1. The van der Waals surface area contributed by atoms with Crippen LogP contribution in [-0.4, -0.2) is 18.2 Å². The van der Waals surface area contributed by atoms with Crippen molar-refractivity contribution in [2.45, 2.75) is 6.92 Å². The molecule has 0 heterocycles. The van der Waals surface area contributed by atoms with E-state index in [1.54, 1.807) is 24.1 Å². The van der Waals surface area contributed by atoms with E-state index in [1.807, 2.05) is 55.5 Å². The van der Waals surface area contributed by atoms with Gasteiger partial charge in [0.2, 0.25) is 0 Å². The van der Waals surface area contributed by atoms with Gasteiger partial charge in [0.05, 0.1) is 5.69 Å². The Labute approximate surface area is 135 Å². The van der Waals surface area contributed by atoms with E-state index in [0.717, 1.165) is 22.0 Å². The predicted molar refractivity (Wildman–Crippen MR) is 94.2 cm³/mol. The Morgan fingerprint density at radius 2 is 1.78 bits per heavy atom. The molecule has 23 heavy (non-hydrogen) atoms. The lowest BCUT2D eigenvalue weighted by Crippen LogP contribution is -2.31. The van der Waals surface area contributed by atoms with Crippen molar-refractivity contribution in [3.8, 4) is 5.75 Å². The minimum absolute atomic E-state index is 0.172. The first kappa shape index (κ1) is 14.9. The molecule has 4 nitrogen and oxygen atoms in total. The van der Waals surface area contributed by atoms with E-state index in [2.05, 4.69) is 5.32 Å². The smallest absolute Gasteiger partial charge is 0.326 e. The number of nitrogens with zero attached hydrogens (tertiary/aromatic N) is 1. The fraction of sp³-hybridized carbons (Fsp3) is 0.105. The number of carbonyl (C=O) groups is 1. The summed E-state index contributed by atoms with van der Waals surface area (Å²) in [6.07, 6.45) is 0. The number of carbonyl (C=O) groups excluding carboxylic acids is 1. The molecule has 3 aromatic carbocycles. The Balaban J connectivity index is 1.88. The van der Waals surface area contributed by atoms with Crippen LogP contribution in [0.1, 0.15) is 5.56 Å². The van der Waals surface area contributed by atoms with E-state index in [0.29, 0.717) is 5.69 Å². The van der Waals surface area contributed by atoms with Crippen LogP contribution in [-0.2, 0) is 0 Å². The summed E-state index contributed by atoms with van der Waals surface area (Å²) >= 11 is 0. The van der Waals surface area contributed by atoms with E-state index in [4.69, 9.17) is 0 Å². The molecular weight excluding hydrogens is 288 g/mol. The van der Waals surface area contributed by atoms with Gasteiger partial charge in [-0.1, -0.05) is 35.9 Å². The Kier molecular flexibility index (Phi) is 3.89. The zero-order chi connectivity index (χ0) is 16.4. The highest BCUT2D eigenvalue weighted by molar-refractivity contribution is 6.07. The van der Waals surface area contributed by atoms with Gasteiger partial charge >= 0.3 is 6.03 Å². The second-order valence-electron chi connectivity index (χ2n) is 5.54. The number of phenols is 1. The van der Waals surface area contributed by atoms with Crippen LogP contribution in [0.3, 0.4) is 0 Å². The molecular formula is C19H18N2O2. The summed E-state index contributed by atoms with van der Waals surface area (Å²) < 4.78 is 0. The van der Waals surface area contributed by atoms with Gasteiger partial charge in [-0.05, 0) is 42.6 Å². The predicted octanol–water partition coefficient (Wildman–Crippen LogP) is 4.52. The minimum atomic E-state index is -0.232. The lowest BCUT2D eigenvalue weighted by molar-refractivity contribution is 0.258. The summed E-state index contributed by atoms with van der Waals surface area (Å²) in [6.45, 7) is 2.01. The maximum atomic E-state index is 12.5. The first-order chi connectivity index (χ1) is 11.0. The van der Waals surface area contributed by atoms with Gasteiger partial charge in [0, 0.05) is 18.1 Å². The monoisotopic (exact) mass is 306 g/mol. The van der Waals surface area contributed by atoms with Crippen molar-refractivity contribution < 1.29 is 9.90 Å². The van der Waals surface area contributed by atoms with Crippen molar-refractivity contribution in [2.75, 3.05) is 17.3 Å². The van der Waals surface area contributed by atoms with Gasteiger partial charge in [0.15, 0.2) is 0 Å². The molecule has 0 unspecified atom stereocenters. The third-order valence-corrected chi connectivity index (χ3v) is 3.83. The summed E-state index contributed by atoms with van der Waals surface area (Å²) in [5.74, 6) is 0.172. The fourth-order valence-corrected chi connectivity index (χ4v) is 2.45. The highest BCUT2D eigenvalue weighted by atomic mass is 16.3. The second kappa shape index (κ2) is 6.01. The molecule has 0 bridgehead atoms. The van der Waals surface area contributed by atoms with Gasteiger partial charge in [-0.25, -0.2) is 4.79 Å². The molecule has 0 fully saturated rings. The number of aryl methyl sites for hydroxylation is 1. The zero-order valence-electron chi connectivity index (χ0n) is 13.1. The number of phenolic OH excluding ortho intramolecular Hbond substituents is 1. The molecule has 4 heteroatoms. The van der Waals surface area contributed by atoms with E-state index in [9.17, 15) is 9.90 Å². The molecule has 0 radical (unpaired) electrons. The van der Waals surface area contributed by atoms with E-state index >= 15 is 0 Å². The van der Waals surface area contributed by atoms with Crippen LogP contribution in [0.2, 0.25) is 0 Å². The molecule has 0 atom stereocenters. The lowest BCUT2D eigenvalue weighted by Gasteiger charge is -2.19. The largest absolute Gasteiger partial charge is 0.508 e. The molecule has 2 amide bonds. The number of amides is 2. The van der Waals surface area contributed by atoms with Crippen LogP contribution in [0.5, 0.6) is 5.75 Å². The Morgan fingerprint density at radius 3 is 2.52 bits per heavy atom. The molecule has 0 aliphatic rings. The summed E-state index contributed by atoms with van der Waals surface area (Å²) in [7, 11) is 1.72. The van der Waals surface area contributed by atoms with Crippen LogP contribution >= 0.6 is 0 Å². The standard InChI is InChI=1S/C19H18N2O2/c1-13-6-9-15(10-7-13)21(2)19(23)20-18-5-3-4-14-8-11-16(22)12-17(14)18/h3-12,22H,1-2H3,(H,20,23). The summed E-state index contributed by atoms with van der Waals surface area (Å²) in [5, 5.41) is 14.3. The van der Waals surface area contributed by atoms with Crippen LogP contribution in [0, 0.1) is 6.92 Å². The lowest BCUT2D eigenvalue weighted by atomic mass is 10.1. The van der Waals surface area contributed by atoms with Crippen molar-refractivity contribution >= 4 is 28.2 Å². The second-order valence-corrected chi connectivity index (χ2v) is 5.54. The number of nitrogens with one attached hydrogen (secondary N) is 1. The molecule has 0 aliphatic carbocycles. The molecule has 2 N–H and O–H groups in total. The normalized spacial score (nSPS) is 10.5. The highest BCUT2D eigenvalue weighted by Crippen LogP contribution is 2.27. The number of fused-ring (bicyclic) bond motifs is 1. The van der Waals surface area contributed by atoms with Gasteiger partial charge in [-0.2, -0.15) is 0 Å². The van der Waals surface area contributed by atoms with E-state index < -0.39 is 0 Å². The maximum absolute atomic E-state index is 12.5. The number of benzene rings is 3. The van der Waals surface area contributed by atoms with Gasteiger partial charge in [-0.3, -0.25) is 4.90 Å². The van der Waals surface area contributed by atoms with Crippen molar-refractivity contribution in [1.82, 2.24) is 0 Å². The Hall–Kier alpha value is -3.01. The minimum Gasteiger partial charge on any atom is -0.508 e. The van der Waals surface area contributed by atoms with Crippen LogP contribution < -0.4 is 10.2 Å². The number of anilines is 2. The molecule has 3 aromatic rings. The topological polar surface area (TPSA) is 52.6 Å². The molecule has 0 saturated carbocycles. The van der Waals surface area contributed by atoms with E-state index in [1.165, 1.54) is 0 Å². The van der Waals surface area contributed by atoms with Crippen molar-refractivity contribution in [1.29, 1.82) is 0 Å². The summed E-state index contributed by atoms with van der Waals surface area (Å²) in [5.41, 5.74) is 2.63. The number of rotatable bonds is 2. The fourth-order valence-electron chi connectivity index (χ4n) is 2.45. The van der Waals surface area contributed by atoms with E-state index in [-0.39, 0.29) is 11.8 Å². The molecule has 0 aromatic heterocycles. The number of hydrogen-bond donors (Lipinski definition) is 2. The third-order valence-electron chi connectivity index (χ3n) is 3.83. The van der Waals surface area contributed by atoms with Crippen molar-refractivity contribution in [2.24, 2.45) is 0 Å². The number of urea groups is 1. The summed E-state index contributed by atoms with van der Waals surface area (Å²) in [4.78, 5) is 14.0. The van der Waals surface area contributed by atoms with Crippen molar-refractivity contribution in [3.63, 3.8) is 0 Å². The first-order valence-corrected chi connectivity index (χ1v) is 7.38. The quantitative estimate of drug-likeness (QED) is 0.731. The Bertz CT molecular complexity index is 857. The van der Waals surface area contributed by atoms with Gasteiger partial charge < -0.3 is 10.4 Å². The number of hydrogen-bond acceptors (Lipinski definition) is 2.